The molecule has 0 bridgehead atoms. The maximum absolute atomic E-state index is 11.7. The summed E-state index contributed by atoms with van der Waals surface area (Å²) in [6.07, 6.45) is 0.901. The fourth-order valence-corrected chi connectivity index (χ4v) is 1.67. The van der Waals surface area contributed by atoms with Gasteiger partial charge < -0.3 is 10.1 Å². The third kappa shape index (κ3) is 2.12. The number of carbonyl (C=O) groups excluding carboxylic acids is 1. The van der Waals surface area contributed by atoms with Gasteiger partial charge in [0.25, 0.3) is 5.91 Å². The van der Waals surface area contributed by atoms with Gasteiger partial charge in [-0.1, -0.05) is 0 Å². The highest BCUT2D eigenvalue weighted by atomic mass is 16.5. The van der Waals surface area contributed by atoms with Crippen molar-refractivity contribution in [2.45, 2.75) is 26.3 Å². The maximum atomic E-state index is 11.7. The van der Waals surface area contributed by atoms with Crippen LogP contribution < -0.4 is 10.1 Å². The molecular formula is C12H15NO2. The van der Waals surface area contributed by atoms with Gasteiger partial charge in [0, 0.05) is 18.0 Å². The van der Waals surface area contributed by atoms with Gasteiger partial charge in [-0.05, 0) is 37.6 Å². The summed E-state index contributed by atoms with van der Waals surface area (Å²) < 4.78 is 5.38. The Balaban J connectivity index is 2.19. The molecule has 1 aliphatic heterocycles. The smallest absolute Gasteiger partial charge is 0.251 e. The molecule has 1 aromatic rings. The number of rotatable bonds is 2. The van der Waals surface area contributed by atoms with E-state index in [-0.39, 0.29) is 11.9 Å². The lowest BCUT2D eigenvalue weighted by Gasteiger charge is -2.08. The lowest BCUT2D eigenvalue weighted by atomic mass is 10.1. The summed E-state index contributed by atoms with van der Waals surface area (Å²) >= 11 is 0. The molecule has 0 spiro atoms. The van der Waals surface area contributed by atoms with Crippen LogP contribution in [0.2, 0.25) is 0 Å². The lowest BCUT2D eigenvalue weighted by molar-refractivity contribution is 0.0943. The molecule has 0 atom stereocenters. The zero-order chi connectivity index (χ0) is 10.8. The highest BCUT2D eigenvalue weighted by Crippen LogP contribution is 2.25. The summed E-state index contributed by atoms with van der Waals surface area (Å²) in [6, 6.07) is 5.77. The zero-order valence-electron chi connectivity index (χ0n) is 9.04. The molecule has 1 aliphatic rings. The molecule has 0 radical (unpaired) electrons. The Morgan fingerprint density at radius 3 is 3.00 bits per heavy atom. The van der Waals surface area contributed by atoms with Gasteiger partial charge in [0.1, 0.15) is 5.75 Å². The number of hydrogen-bond acceptors (Lipinski definition) is 2. The van der Waals surface area contributed by atoms with Crippen molar-refractivity contribution >= 4 is 5.91 Å². The van der Waals surface area contributed by atoms with Gasteiger partial charge in [-0.2, -0.15) is 0 Å². The Hall–Kier alpha value is -1.51. The van der Waals surface area contributed by atoms with Gasteiger partial charge >= 0.3 is 0 Å². The van der Waals surface area contributed by atoms with E-state index in [0.29, 0.717) is 5.56 Å². The molecule has 2 rings (SSSR count). The largest absolute Gasteiger partial charge is 0.493 e. The first-order valence-corrected chi connectivity index (χ1v) is 5.23. The van der Waals surface area contributed by atoms with Crippen LogP contribution in [0.4, 0.5) is 0 Å². The Kier molecular flexibility index (Phi) is 2.62. The van der Waals surface area contributed by atoms with Crippen molar-refractivity contribution in [1.82, 2.24) is 5.32 Å². The molecule has 80 valence electrons. The first-order valence-electron chi connectivity index (χ1n) is 5.23. The van der Waals surface area contributed by atoms with E-state index in [0.717, 1.165) is 24.3 Å². The molecule has 1 amide bonds. The molecular weight excluding hydrogens is 190 g/mol. The van der Waals surface area contributed by atoms with Gasteiger partial charge in [0.05, 0.1) is 6.61 Å². The molecule has 1 aromatic carbocycles. The predicted octanol–water partition coefficient (Wildman–Crippen LogP) is 1.76. The van der Waals surface area contributed by atoms with Gasteiger partial charge in [0.2, 0.25) is 0 Å². The molecule has 1 heterocycles. The van der Waals surface area contributed by atoms with E-state index in [9.17, 15) is 4.79 Å². The Labute approximate surface area is 89.4 Å². The van der Waals surface area contributed by atoms with Crippen molar-refractivity contribution in [1.29, 1.82) is 0 Å². The van der Waals surface area contributed by atoms with Crippen molar-refractivity contribution in [3.63, 3.8) is 0 Å². The second kappa shape index (κ2) is 3.93. The summed E-state index contributed by atoms with van der Waals surface area (Å²) in [7, 11) is 0. The second-order valence-electron chi connectivity index (χ2n) is 4.05. The fraction of sp³-hybridized carbons (Fsp3) is 0.417. The third-order valence-corrected chi connectivity index (χ3v) is 2.37. The monoisotopic (exact) mass is 205 g/mol. The Bertz CT molecular complexity index is 385. The van der Waals surface area contributed by atoms with Crippen LogP contribution in [0.15, 0.2) is 18.2 Å². The van der Waals surface area contributed by atoms with E-state index in [1.54, 1.807) is 0 Å². The quantitative estimate of drug-likeness (QED) is 0.799. The van der Waals surface area contributed by atoms with Crippen molar-refractivity contribution in [2.75, 3.05) is 6.61 Å². The molecule has 0 saturated carbocycles. The van der Waals surface area contributed by atoms with E-state index in [1.807, 2.05) is 32.0 Å². The minimum Gasteiger partial charge on any atom is -0.493 e. The fourth-order valence-electron chi connectivity index (χ4n) is 1.67. The summed E-state index contributed by atoms with van der Waals surface area (Å²) in [5.41, 5.74) is 1.85. The van der Waals surface area contributed by atoms with Crippen LogP contribution in [0.3, 0.4) is 0 Å². The summed E-state index contributed by atoms with van der Waals surface area (Å²) in [4.78, 5) is 11.7. The van der Waals surface area contributed by atoms with E-state index in [4.69, 9.17) is 4.74 Å². The van der Waals surface area contributed by atoms with Crippen LogP contribution in [0.5, 0.6) is 5.75 Å². The number of amides is 1. The lowest BCUT2D eigenvalue weighted by Crippen LogP contribution is -2.30. The first-order chi connectivity index (χ1) is 7.16. The van der Waals surface area contributed by atoms with E-state index in [2.05, 4.69) is 5.32 Å². The van der Waals surface area contributed by atoms with Crippen molar-refractivity contribution in [2.24, 2.45) is 0 Å². The molecule has 0 fully saturated rings. The van der Waals surface area contributed by atoms with Crippen LogP contribution >= 0.6 is 0 Å². The van der Waals surface area contributed by atoms with Gasteiger partial charge in [0.15, 0.2) is 0 Å². The summed E-state index contributed by atoms with van der Waals surface area (Å²) in [5, 5.41) is 2.87. The maximum Gasteiger partial charge on any atom is 0.251 e. The minimum atomic E-state index is -0.0142. The van der Waals surface area contributed by atoms with E-state index < -0.39 is 0 Å². The Morgan fingerprint density at radius 2 is 2.27 bits per heavy atom. The molecule has 0 unspecified atom stereocenters. The number of ether oxygens (including phenoxy) is 1. The number of fused-ring (bicyclic) bond motifs is 1. The average molecular weight is 205 g/mol. The zero-order valence-corrected chi connectivity index (χ0v) is 9.04. The number of benzene rings is 1. The van der Waals surface area contributed by atoms with Crippen molar-refractivity contribution < 1.29 is 9.53 Å². The third-order valence-electron chi connectivity index (χ3n) is 2.37. The van der Waals surface area contributed by atoms with Crippen LogP contribution in [0, 0.1) is 0 Å². The van der Waals surface area contributed by atoms with Gasteiger partial charge in [-0.3, -0.25) is 4.79 Å². The highest BCUT2D eigenvalue weighted by molar-refractivity contribution is 5.94. The summed E-state index contributed by atoms with van der Waals surface area (Å²) in [5.74, 6) is 0.899. The van der Waals surface area contributed by atoms with Crippen LogP contribution in [0.25, 0.3) is 0 Å². The van der Waals surface area contributed by atoms with Crippen molar-refractivity contribution in [3.8, 4) is 5.75 Å². The van der Waals surface area contributed by atoms with Crippen molar-refractivity contribution in [3.05, 3.63) is 29.3 Å². The molecule has 15 heavy (non-hydrogen) atoms. The molecule has 0 aliphatic carbocycles. The average Bonchev–Trinajstić information content (AvgIpc) is 2.62. The topological polar surface area (TPSA) is 38.3 Å². The van der Waals surface area contributed by atoms with E-state index in [1.165, 1.54) is 0 Å². The first kappa shape index (κ1) is 10.0. The standard InChI is InChI=1S/C12H15NO2/c1-8(2)13-12(14)10-3-4-11-9(7-10)5-6-15-11/h3-4,7-8H,5-6H2,1-2H3,(H,13,14). The Morgan fingerprint density at radius 1 is 1.47 bits per heavy atom. The van der Waals surface area contributed by atoms with Crippen LogP contribution in [-0.4, -0.2) is 18.6 Å². The molecule has 0 saturated heterocycles. The molecule has 3 heteroatoms. The predicted molar refractivity (Wildman–Crippen MR) is 58.2 cm³/mol. The summed E-state index contributed by atoms with van der Waals surface area (Å²) in [6.45, 7) is 4.63. The normalized spacial score (nSPS) is 13.5. The number of carbonyl (C=O) groups is 1. The molecule has 1 N–H and O–H groups in total. The molecule has 3 nitrogen and oxygen atoms in total. The molecule has 0 aromatic heterocycles. The number of hydrogen-bond donors (Lipinski definition) is 1. The van der Waals surface area contributed by atoms with Gasteiger partial charge in [-0.25, -0.2) is 0 Å². The van der Waals surface area contributed by atoms with E-state index >= 15 is 0 Å². The second-order valence-corrected chi connectivity index (χ2v) is 4.05. The van der Waals surface area contributed by atoms with Crippen LogP contribution in [0.1, 0.15) is 29.8 Å². The number of nitrogens with one attached hydrogen (secondary N) is 1. The SMILES string of the molecule is CC(C)NC(=O)c1ccc2c(c1)CCO2. The highest BCUT2D eigenvalue weighted by Gasteiger charge is 2.15. The van der Waals surface area contributed by atoms with Gasteiger partial charge in [-0.15, -0.1) is 0 Å². The van der Waals surface area contributed by atoms with Crippen LogP contribution in [-0.2, 0) is 6.42 Å². The minimum absolute atomic E-state index is 0.0142.